The Kier molecular flexibility index (Phi) is 7.98. The van der Waals surface area contributed by atoms with E-state index in [1.165, 1.54) is 5.56 Å². The molecule has 0 saturated carbocycles. The third-order valence-corrected chi connectivity index (χ3v) is 6.12. The summed E-state index contributed by atoms with van der Waals surface area (Å²) in [6.45, 7) is 10.3. The second-order valence-corrected chi connectivity index (χ2v) is 8.97. The fourth-order valence-corrected chi connectivity index (χ4v) is 4.33. The fraction of sp³-hybridized carbons (Fsp3) is 0.417. The zero-order valence-corrected chi connectivity index (χ0v) is 19.8. The summed E-state index contributed by atoms with van der Waals surface area (Å²) in [5, 5.41) is 0.868. The van der Waals surface area contributed by atoms with Crippen LogP contribution in [-0.4, -0.2) is 65.3 Å². The molecular formula is C24H29Cl2N3O2. The van der Waals surface area contributed by atoms with Gasteiger partial charge in [0.05, 0.1) is 0 Å². The molecule has 2 amide bonds. The maximum Gasteiger partial charge on any atom is 0.254 e. The van der Waals surface area contributed by atoms with Gasteiger partial charge in [-0.1, -0.05) is 42.3 Å². The van der Waals surface area contributed by atoms with Gasteiger partial charge in [-0.2, -0.15) is 0 Å². The first-order valence-electron chi connectivity index (χ1n) is 10.7. The molecule has 0 spiro atoms. The standard InChI is InChI=1S/C24H29Cl2N3O2/c1-4-27(17(2)3)16-18-5-7-19(8-6-18)23(30)28-9-11-29(12-10-28)24(31)20-13-21(25)15-22(26)14-20/h5-8,13-15,17H,4,9-12,16H2,1-3H3. The van der Waals surface area contributed by atoms with Crippen LogP contribution in [-0.2, 0) is 6.54 Å². The third-order valence-electron chi connectivity index (χ3n) is 5.69. The Balaban J connectivity index is 1.58. The van der Waals surface area contributed by atoms with Crippen molar-refractivity contribution in [1.29, 1.82) is 0 Å². The summed E-state index contributed by atoms with van der Waals surface area (Å²) in [6.07, 6.45) is 0. The molecule has 3 rings (SSSR count). The molecule has 1 aliphatic rings. The average Bonchev–Trinajstić information content (AvgIpc) is 2.76. The number of halogens is 2. The number of hydrogen-bond donors (Lipinski definition) is 0. The first kappa shape index (κ1) is 23.6. The predicted molar refractivity (Wildman–Crippen MR) is 126 cm³/mol. The van der Waals surface area contributed by atoms with E-state index in [0.29, 0.717) is 53.4 Å². The summed E-state index contributed by atoms with van der Waals surface area (Å²) in [4.78, 5) is 31.6. The highest BCUT2D eigenvalue weighted by atomic mass is 35.5. The van der Waals surface area contributed by atoms with Gasteiger partial charge in [-0.3, -0.25) is 14.5 Å². The van der Waals surface area contributed by atoms with E-state index in [-0.39, 0.29) is 11.8 Å². The molecule has 0 aromatic heterocycles. The van der Waals surface area contributed by atoms with E-state index in [9.17, 15) is 9.59 Å². The number of carbonyl (C=O) groups excluding carboxylic acids is 2. The number of nitrogens with zero attached hydrogens (tertiary/aromatic N) is 3. The molecule has 0 unspecified atom stereocenters. The maximum absolute atomic E-state index is 12.9. The second kappa shape index (κ2) is 10.5. The molecule has 0 atom stereocenters. The lowest BCUT2D eigenvalue weighted by Gasteiger charge is -2.35. The molecule has 7 heteroatoms. The highest BCUT2D eigenvalue weighted by Crippen LogP contribution is 2.21. The number of hydrogen-bond acceptors (Lipinski definition) is 3. The van der Waals surface area contributed by atoms with Gasteiger partial charge in [-0.15, -0.1) is 0 Å². The van der Waals surface area contributed by atoms with Gasteiger partial charge in [0.25, 0.3) is 11.8 Å². The SMILES string of the molecule is CCN(Cc1ccc(C(=O)N2CCN(C(=O)c3cc(Cl)cc(Cl)c3)CC2)cc1)C(C)C. The van der Waals surface area contributed by atoms with E-state index in [1.54, 1.807) is 28.0 Å². The zero-order chi connectivity index (χ0) is 22.5. The van der Waals surface area contributed by atoms with Crippen LogP contribution in [0.25, 0.3) is 0 Å². The number of benzene rings is 2. The molecule has 166 valence electrons. The Hall–Kier alpha value is -2.08. The van der Waals surface area contributed by atoms with Crippen LogP contribution in [0.4, 0.5) is 0 Å². The van der Waals surface area contributed by atoms with Crippen LogP contribution in [0.5, 0.6) is 0 Å². The summed E-state index contributed by atoms with van der Waals surface area (Å²) in [5.41, 5.74) is 2.34. The first-order valence-corrected chi connectivity index (χ1v) is 11.4. The van der Waals surface area contributed by atoms with Gasteiger partial charge < -0.3 is 9.80 Å². The van der Waals surface area contributed by atoms with Crippen molar-refractivity contribution in [3.63, 3.8) is 0 Å². The Morgan fingerprint density at radius 2 is 1.35 bits per heavy atom. The molecule has 1 heterocycles. The van der Waals surface area contributed by atoms with Crippen molar-refractivity contribution >= 4 is 35.0 Å². The van der Waals surface area contributed by atoms with Gasteiger partial charge >= 0.3 is 0 Å². The van der Waals surface area contributed by atoms with Crippen molar-refractivity contribution in [2.75, 3.05) is 32.7 Å². The molecule has 0 radical (unpaired) electrons. The van der Waals surface area contributed by atoms with Crippen LogP contribution in [0.15, 0.2) is 42.5 Å². The second-order valence-electron chi connectivity index (χ2n) is 8.10. The van der Waals surface area contributed by atoms with E-state index >= 15 is 0 Å². The van der Waals surface area contributed by atoms with Crippen molar-refractivity contribution < 1.29 is 9.59 Å². The van der Waals surface area contributed by atoms with Gasteiger partial charge in [-0.25, -0.2) is 0 Å². The normalized spacial score (nSPS) is 14.4. The monoisotopic (exact) mass is 461 g/mol. The molecule has 31 heavy (non-hydrogen) atoms. The fourth-order valence-electron chi connectivity index (χ4n) is 3.80. The Morgan fingerprint density at radius 1 is 0.871 bits per heavy atom. The summed E-state index contributed by atoms with van der Waals surface area (Å²) >= 11 is 12.0. The Labute approximate surface area is 194 Å². The van der Waals surface area contributed by atoms with Crippen LogP contribution in [0.3, 0.4) is 0 Å². The minimum atomic E-state index is -0.119. The van der Waals surface area contributed by atoms with E-state index < -0.39 is 0 Å². The highest BCUT2D eigenvalue weighted by molar-refractivity contribution is 6.35. The molecule has 2 aromatic rings. The van der Waals surface area contributed by atoms with Crippen LogP contribution >= 0.6 is 23.2 Å². The van der Waals surface area contributed by atoms with Gasteiger partial charge in [0.1, 0.15) is 0 Å². The van der Waals surface area contributed by atoms with E-state index in [4.69, 9.17) is 23.2 Å². The quantitative estimate of drug-likeness (QED) is 0.618. The summed E-state index contributed by atoms with van der Waals surface area (Å²) < 4.78 is 0. The van der Waals surface area contributed by atoms with Crippen molar-refractivity contribution in [3.8, 4) is 0 Å². The van der Waals surface area contributed by atoms with Gasteiger partial charge in [0.15, 0.2) is 0 Å². The molecule has 0 N–H and O–H groups in total. The van der Waals surface area contributed by atoms with Crippen molar-refractivity contribution in [2.24, 2.45) is 0 Å². The topological polar surface area (TPSA) is 43.9 Å². The minimum absolute atomic E-state index is 0.000608. The smallest absolute Gasteiger partial charge is 0.254 e. The molecule has 0 aliphatic carbocycles. The number of piperazine rings is 1. The number of carbonyl (C=O) groups is 2. The maximum atomic E-state index is 12.9. The highest BCUT2D eigenvalue weighted by Gasteiger charge is 2.26. The average molecular weight is 462 g/mol. The Morgan fingerprint density at radius 3 is 1.81 bits per heavy atom. The lowest BCUT2D eigenvalue weighted by atomic mass is 10.1. The van der Waals surface area contributed by atoms with E-state index in [2.05, 4.69) is 25.7 Å². The largest absolute Gasteiger partial charge is 0.335 e. The van der Waals surface area contributed by atoms with Crippen molar-refractivity contribution in [1.82, 2.24) is 14.7 Å². The van der Waals surface area contributed by atoms with Gasteiger partial charge in [0, 0.05) is 59.9 Å². The van der Waals surface area contributed by atoms with Crippen molar-refractivity contribution in [2.45, 2.75) is 33.4 Å². The Bertz CT molecular complexity index is 903. The third kappa shape index (κ3) is 6.00. The lowest BCUT2D eigenvalue weighted by Crippen LogP contribution is -2.50. The molecule has 1 aliphatic heterocycles. The van der Waals surface area contributed by atoms with E-state index in [1.807, 2.05) is 24.3 Å². The zero-order valence-electron chi connectivity index (χ0n) is 18.3. The summed E-state index contributed by atoms with van der Waals surface area (Å²) in [6, 6.07) is 13.2. The molecule has 0 bridgehead atoms. The number of rotatable bonds is 6. The molecule has 1 saturated heterocycles. The van der Waals surface area contributed by atoms with Gasteiger partial charge in [0.2, 0.25) is 0 Å². The minimum Gasteiger partial charge on any atom is -0.335 e. The van der Waals surface area contributed by atoms with Gasteiger partial charge in [-0.05, 0) is 56.3 Å². The van der Waals surface area contributed by atoms with Crippen LogP contribution in [0.1, 0.15) is 47.1 Å². The lowest BCUT2D eigenvalue weighted by molar-refractivity contribution is 0.0535. The molecule has 5 nitrogen and oxygen atoms in total. The summed E-state index contributed by atoms with van der Waals surface area (Å²) in [7, 11) is 0. The van der Waals surface area contributed by atoms with Crippen molar-refractivity contribution in [3.05, 3.63) is 69.2 Å². The summed E-state index contributed by atoms with van der Waals surface area (Å²) in [5.74, 6) is -0.118. The first-order chi connectivity index (χ1) is 14.8. The molecular weight excluding hydrogens is 433 g/mol. The van der Waals surface area contributed by atoms with Crippen LogP contribution in [0.2, 0.25) is 10.0 Å². The van der Waals surface area contributed by atoms with Crippen LogP contribution in [0, 0.1) is 0 Å². The predicted octanol–water partition coefficient (Wildman–Crippen LogP) is 4.82. The van der Waals surface area contributed by atoms with E-state index in [0.717, 1.165) is 13.1 Å². The van der Waals surface area contributed by atoms with Crippen LogP contribution < -0.4 is 0 Å². The number of amides is 2. The molecule has 2 aromatic carbocycles. The molecule has 1 fully saturated rings.